The third-order valence-electron chi connectivity index (χ3n) is 6.61. The molecule has 0 aromatic heterocycles. The number of sulfonamides is 1. The highest BCUT2D eigenvalue weighted by atomic mass is 32.2. The predicted molar refractivity (Wildman–Crippen MR) is 152 cm³/mol. The van der Waals surface area contributed by atoms with Gasteiger partial charge >= 0.3 is 6.18 Å². The average molecular weight is 590 g/mol. The highest BCUT2D eigenvalue weighted by Gasteiger charge is 2.35. The fourth-order valence-corrected chi connectivity index (χ4v) is 5.07. The SMILES string of the molecule is CC[C@@H](C)NC(=O)[C@@H](Cc1ccccc1)N(Cc1ccccc1)C(=O)CN(c1cccc(C(F)(F)F)c1)S(C)(=O)=O. The van der Waals surface area contributed by atoms with Crippen molar-refractivity contribution in [2.75, 3.05) is 17.1 Å². The molecule has 2 atom stereocenters. The number of amides is 2. The fraction of sp³-hybridized carbons (Fsp3) is 0.333. The van der Waals surface area contributed by atoms with E-state index in [4.69, 9.17) is 0 Å². The summed E-state index contributed by atoms with van der Waals surface area (Å²) in [4.78, 5) is 28.9. The van der Waals surface area contributed by atoms with Crippen molar-refractivity contribution in [2.45, 2.75) is 51.5 Å². The van der Waals surface area contributed by atoms with E-state index in [2.05, 4.69) is 5.32 Å². The van der Waals surface area contributed by atoms with Gasteiger partial charge in [0.2, 0.25) is 21.8 Å². The third kappa shape index (κ3) is 9.07. The van der Waals surface area contributed by atoms with Crippen LogP contribution in [0.15, 0.2) is 84.9 Å². The molecule has 0 aliphatic carbocycles. The first-order valence-corrected chi connectivity index (χ1v) is 15.0. The van der Waals surface area contributed by atoms with Crippen LogP contribution in [0.2, 0.25) is 0 Å². The lowest BCUT2D eigenvalue weighted by Crippen LogP contribution is -2.54. The highest BCUT2D eigenvalue weighted by Crippen LogP contribution is 2.32. The maximum atomic E-state index is 14.0. The summed E-state index contributed by atoms with van der Waals surface area (Å²) >= 11 is 0. The van der Waals surface area contributed by atoms with Gasteiger partial charge in [0.05, 0.1) is 17.5 Å². The number of alkyl halides is 3. The number of halogens is 3. The number of benzene rings is 3. The zero-order valence-corrected chi connectivity index (χ0v) is 24.0. The van der Waals surface area contributed by atoms with Crippen LogP contribution in [0.4, 0.5) is 18.9 Å². The van der Waals surface area contributed by atoms with E-state index >= 15 is 0 Å². The zero-order valence-electron chi connectivity index (χ0n) is 23.1. The van der Waals surface area contributed by atoms with Gasteiger partial charge in [-0.15, -0.1) is 0 Å². The molecule has 3 aromatic rings. The van der Waals surface area contributed by atoms with Crippen molar-refractivity contribution in [3.05, 3.63) is 102 Å². The van der Waals surface area contributed by atoms with Gasteiger partial charge in [0, 0.05) is 19.0 Å². The second-order valence-electron chi connectivity index (χ2n) is 9.85. The van der Waals surface area contributed by atoms with Gasteiger partial charge in [-0.05, 0) is 42.7 Å². The van der Waals surface area contributed by atoms with Crippen molar-refractivity contribution in [1.29, 1.82) is 0 Å². The molecule has 3 rings (SSSR count). The summed E-state index contributed by atoms with van der Waals surface area (Å²) in [6.45, 7) is 2.92. The first-order valence-electron chi connectivity index (χ1n) is 13.1. The molecule has 0 unspecified atom stereocenters. The normalized spacial score (nSPS) is 13.2. The summed E-state index contributed by atoms with van der Waals surface area (Å²) in [7, 11) is -4.19. The lowest BCUT2D eigenvalue weighted by molar-refractivity contribution is -0.140. The van der Waals surface area contributed by atoms with E-state index in [1.165, 1.54) is 11.0 Å². The van der Waals surface area contributed by atoms with Crippen molar-refractivity contribution < 1.29 is 31.2 Å². The molecule has 0 heterocycles. The highest BCUT2D eigenvalue weighted by molar-refractivity contribution is 7.92. The third-order valence-corrected chi connectivity index (χ3v) is 7.75. The van der Waals surface area contributed by atoms with Crippen LogP contribution in [0.25, 0.3) is 0 Å². The quantitative estimate of drug-likeness (QED) is 0.321. The molecule has 0 saturated carbocycles. The Morgan fingerprint density at radius 1 is 0.902 bits per heavy atom. The van der Waals surface area contributed by atoms with Gasteiger partial charge in [-0.1, -0.05) is 73.7 Å². The molecule has 1 N–H and O–H groups in total. The van der Waals surface area contributed by atoms with E-state index in [0.717, 1.165) is 24.0 Å². The minimum atomic E-state index is -4.71. The summed E-state index contributed by atoms with van der Waals surface area (Å²) in [5.74, 6) is -1.16. The molecular formula is C30H34F3N3O4S. The molecule has 3 aromatic carbocycles. The van der Waals surface area contributed by atoms with Crippen molar-refractivity contribution in [2.24, 2.45) is 0 Å². The smallest absolute Gasteiger partial charge is 0.352 e. The average Bonchev–Trinajstić information content (AvgIpc) is 2.93. The Labute approximate surface area is 239 Å². The molecule has 220 valence electrons. The van der Waals surface area contributed by atoms with Crippen molar-refractivity contribution in [3.8, 4) is 0 Å². The molecule has 0 saturated heterocycles. The molecule has 2 amide bonds. The fourth-order valence-electron chi connectivity index (χ4n) is 4.23. The molecule has 0 spiro atoms. The maximum absolute atomic E-state index is 14.0. The number of nitrogens with zero attached hydrogens (tertiary/aromatic N) is 2. The number of carbonyl (C=O) groups is 2. The van der Waals surface area contributed by atoms with E-state index in [0.29, 0.717) is 22.4 Å². The van der Waals surface area contributed by atoms with Crippen LogP contribution >= 0.6 is 0 Å². The molecule has 0 aliphatic heterocycles. The molecular weight excluding hydrogens is 555 g/mol. The van der Waals surface area contributed by atoms with Crippen molar-refractivity contribution >= 4 is 27.5 Å². The molecule has 7 nitrogen and oxygen atoms in total. The zero-order chi connectivity index (χ0) is 30.2. The van der Waals surface area contributed by atoms with Crippen LogP contribution in [0.3, 0.4) is 0 Å². The van der Waals surface area contributed by atoms with E-state index in [1.807, 2.05) is 32.0 Å². The van der Waals surface area contributed by atoms with Crippen molar-refractivity contribution in [1.82, 2.24) is 10.2 Å². The standard InChI is InChI=1S/C30H34F3N3O4S/c1-4-22(2)34-29(38)27(18-23-12-7-5-8-13-23)35(20-24-14-9-6-10-15-24)28(37)21-36(41(3,39)40)26-17-11-16-25(19-26)30(31,32)33/h5-17,19,22,27H,4,18,20-21H2,1-3H3,(H,34,38)/t22-,27-/m1/s1. The molecule has 0 bridgehead atoms. The van der Waals surface area contributed by atoms with Crippen molar-refractivity contribution in [3.63, 3.8) is 0 Å². The predicted octanol–water partition coefficient (Wildman–Crippen LogP) is 5.03. The van der Waals surface area contributed by atoms with E-state index in [9.17, 15) is 31.2 Å². The Morgan fingerprint density at radius 2 is 1.49 bits per heavy atom. The summed E-state index contributed by atoms with van der Waals surface area (Å²) in [5, 5.41) is 2.92. The first kappa shape index (κ1) is 31.7. The number of hydrogen-bond acceptors (Lipinski definition) is 4. The minimum Gasteiger partial charge on any atom is -0.352 e. The first-order chi connectivity index (χ1) is 19.3. The molecule has 0 radical (unpaired) electrons. The number of nitrogens with one attached hydrogen (secondary N) is 1. The topological polar surface area (TPSA) is 86.8 Å². The number of anilines is 1. The number of hydrogen-bond donors (Lipinski definition) is 1. The van der Waals surface area contributed by atoms with E-state index < -0.39 is 46.2 Å². The van der Waals surface area contributed by atoms with Gasteiger partial charge in [0.25, 0.3) is 0 Å². The lowest BCUT2D eigenvalue weighted by Gasteiger charge is -2.34. The summed E-state index contributed by atoms with van der Waals surface area (Å²) in [5.41, 5.74) is 0.117. The second-order valence-corrected chi connectivity index (χ2v) is 11.8. The van der Waals surface area contributed by atoms with Crippen LogP contribution < -0.4 is 9.62 Å². The van der Waals surface area contributed by atoms with Crippen LogP contribution in [0.1, 0.15) is 37.0 Å². The summed E-state index contributed by atoms with van der Waals surface area (Å²) in [6.07, 6.45) is -3.10. The maximum Gasteiger partial charge on any atom is 0.416 e. The summed E-state index contributed by atoms with van der Waals surface area (Å²) in [6, 6.07) is 20.5. The van der Waals surface area contributed by atoms with Crippen LogP contribution in [0.5, 0.6) is 0 Å². The Balaban J connectivity index is 2.06. The Kier molecular flexibility index (Phi) is 10.6. The summed E-state index contributed by atoms with van der Waals surface area (Å²) < 4.78 is 66.4. The van der Waals surface area contributed by atoms with Gasteiger partial charge < -0.3 is 10.2 Å². The van der Waals surface area contributed by atoms with Gasteiger partial charge in [-0.3, -0.25) is 13.9 Å². The van der Waals surface area contributed by atoms with E-state index in [-0.39, 0.29) is 24.7 Å². The Morgan fingerprint density at radius 3 is 2.02 bits per heavy atom. The van der Waals surface area contributed by atoms with Crippen LogP contribution in [0, 0.1) is 0 Å². The minimum absolute atomic E-state index is 0.0225. The van der Waals surface area contributed by atoms with Gasteiger partial charge in [0.1, 0.15) is 12.6 Å². The molecule has 41 heavy (non-hydrogen) atoms. The van der Waals surface area contributed by atoms with Crippen LogP contribution in [-0.2, 0) is 38.8 Å². The number of rotatable bonds is 12. The second kappa shape index (κ2) is 13.7. The van der Waals surface area contributed by atoms with Gasteiger partial charge in [-0.25, -0.2) is 8.42 Å². The van der Waals surface area contributed by atoms with Gasteiger partial charge in [-0.2, -0.15) is 13.2 Å². The molecule has 11 heteroatoms. The number of carbonyl (C=O) groups excluding carboxylic acids is 2. The lowest BCUT2D eigenvalue weighted by atomic mass is 10.0. The molecule has 0 aliphatic rings. The largest absolute Gasteiger partial charge is 0.416 e. The van der Waals surface area contributed by atoms with Gasteiger partial charge in [0.15, 0.2) is 0 Å². The monoisotopic (exact) mass is 589 g/mol. The van der Waals surface area contributed by atoms with E-state index in [1.54, 1.807) is 42.5 Å². The Hall–Kier alpha value is -3.86. The molecule has 0 fully saturated rings. The van der Waals surface area contributed by atoms with Crippen LogP contribution in [-0.4, -0.2) is 50.0 Å². The Bertz CT molecular complexity index is 1420.